The maximum Gasteiger partial charge on any atom is 0.136 e. The van der Waals surface area contributed by atoms with E-state index in [0.29, 0.717) is 0 Å². The number of likely N-dealkylation sites (N-methyl/N-ethyl adjacent to an activating group) is 1. The third kappa shape index (κ3) is 4.89. The number of aryl methyl sites for hydroxylation is 1. The first kappa shape index (κ1) is 16.0. The molecular formula is C16H23N5O. The topological polar surface area (TPSA) is 62.3 Å². The molecule has 0 atom stereocenters. The molecule has 1 aromatic heterocycles. The zero-order valence-electron chi connectivity index (χ0n) is 13.6. The van der Waals surface area contributed by atoms with Crippen LogP contribution >= 0.6 is 0 Å². The lowest BCUT2D eigenvalue weighted by Gasteiger charge is -2.12. The van der Waals surface area contributed by atoms with Crippen LogP contribution in [0.3, 0.4) is 0 Å². The van der Waals surface area contributed by atoms with Crippen LogP contribution in [-0.2, 0) is 0 Å². The molecule has 0 aliphatic heterocycles. The number of methoxy groups -OCH3 is 1. The molecule has 0 amide bonds. The minimum atomic E-state index is 0.728. The van der Waals surface area contributed by atoms with E-state index in [2.05, 4.69) is 25.5 Å². The lowest BCUT2D eigenvalue weighted by atomic mass is 10.3. The molecule has 0 unspecified atom stereocenters. The summed E-state index contributed by atoms with van der Waals surface area (Å²) in [4.78, 5) is 10.9. The first-order valence-electron chi connectivity index (χ1n) is 7.22. The van der Waals surface area contributed by atoms with E-state index >= 15 is 0 Å². The monoisotopic (exact) mass is 301 g/mol. The molecule has 6 heteroatoms. The molecule has 6 nitrogen and oxygen atoms in total. The van der Waals surface area contributed by atoms with Crippen molar-refractivity contribution < 1.29 is 4.74 Å². The number of nitrogens with zero attached hydrogens (tertiary/aromatic N) is 3. The van der Waals surface area contributed by atoms with Crippen LogP contribution in [0, 0.1) is 6.92 Å². The second-order valence-corrected chi connectivity index (χ2v) is 5.27. The van der Waals surface area contributed by atoms with Gasteiger partial charge in [0.15, 0.2) is 0 Å². The van der Waals surface area contributed by atoms with Crippen molar-refractivity contribution in [2.24, 2.45) is 0 Å². The van der Waals surface area contributed by atoms with Gasteiger partial charge >= 0.3 is 0 Å². The lowest BCUT2D eigenvalue weighted by Crippen LogP contribution is -2.21. The highest BCUT2D eigenvalue weighted by atomic mass is 16.5. The second kappa shape index (κ2) is 7.61. The van der Waals surface area contributed by atoms with E-state index in [-0.39, 0.29) is 0 Å². The molecular weight excluding hydrogens is 278 g/mol. The molecule has 0 spiro atoms. The number of ether oxygens (including phenoxy) is 1. The van der Waals surface area contributed by atoms with E-state index < -0.39 is 0 Å². The van der Waals surface area contributed by atoms with Crippen molar-refractivity contribution in [1.29, 1.82) is 0 Å². The second-order valence-electron chi connectivity index (χ2n) is 5.27. The van der Waals surface area contributed by atoms with Gasteiger partial charge in [0.2, 0.25) is 0 Å². The summed E-state index contributed by atoms with van der Waals surface area (Å²) in [6, 6.07) is 9.64. The quantitative estimate of drug-likeness (QED) is 0.819. The van der Waals surface area contributed by atoms with Gasteiger partial charge in [-0.25, -0.2) is 9.97 Å². The number of rotatable bonds is 7. The van der Waals surface area contributed by atoms with Gasteiger partial charge in [-0.2, -0.15) is 0 Å². The van der Waals surface area contributed by atoms with Crippen LogP contribution in [0.15, 0.2) is 30.3 Å². The minimum Gasteiger partial charge on any atom is -0.497 e. The molecule has 0 bridgehead atoms. The van der Waals surface area contributed by atoms with Crippen LogP contribution in [0.25, 0.3) is 0 Å². The van der Waals surface area contributed by atoms with Gasteiger partial charge in [-0.3, -0.25) is 0 Å². The largest absolute Gasteiger partial charge is 0.497 e. The van der Waals surface area contributed by atoms with Gasteiger partial charge in [0.25, 0.3) is 0 Å². The zero-order valence-corrected chi connectivity index (χ0v) is 13.6. The average Bonchev–Trinajstić information content (AvgIpc) is 2.47. The van der Waals surface area contributed by atoms with Gasteiger partial charge in [-0.05, 0) is 45.3 Å². The van der Waals surface area contributed by atoms with Crippen molar-refractivity contribution in [2.75, 3.05) is 44.9 Å². The van der Waals surface area contributed by atoms with Gasteiger partial charge < -0.3 is 20.3 Å². The van der Waals surface area contributed by atoms with Crippen molar-refractivity contribution >= 4 is 17.3 Å². The molecule has 2 N–H and O–H groups in total. The van der Waals surface area contributed by atoms with E-state index in [1.54, 1.807) is 7.11 Å². The van der Waals surface area contributed by atoms with Crippen LogP contribution in [0.2, 0.25) is 0 Å². The van der Waals surface area contributed by atoms with E-state index in [0.717, 1.165) is 42.0 Å². The highest BCUT2D eigenvalue weighted by Crippen LogP contribution is 2.20. The SMILES string of the molecule is COc1ccc(Nc2cc(NCCN(C)C)nc(C)n2)cc1. The highest BCUT2D eigenvalue weighted by molar-refractivity contribution is 5.59. The van der Waals surface area contributed by atoms with E-state index in [1.165, 1.54) is 0 Å². The van der Waals surface area contributed by atoms with Gasteiger partial charge in [0.1, 0.15) is 23.2 Å². The number of benzene rings is 1. The standard InChI is InChI=1S/C16H23N5O/c1-12-18-15(17-9-10-21(2)3)11-16(19-12)20-13-5-7-14(22-4)8-6-13/h5-8,11H,9-10H2,1-4H3,(H2,17,18,19,20). The van der Waals surface area contributed by atoms with Crippen LogP contribution < -0.4 is 15.4 Å². The molecule has 0 aliphatic rings. The Morgan fingerprint density at radius 2 is 1.77 bits per heavy atom. The smallest absolute Gasteiger partial charge is 0.136 e. The minimum absolute atomic E-state index is 0.728. The third-order valence-electron chi connectivity index (χ3n) is 3.07. The summed E-state index contributed by atoms with van der Waals surface area (Å²) < 4.78 is 5.15. The fraction of sp³-hybridized carbons (Fsp3) is 0.375. The predicted octanol–water partition coefficient (Wildman–Crippen LogP) is 2.51. The number of anilines is 3. The zero-order chi connectivity index (χ0) is 15.9. The number of hydrogen-bond acceptors (Lipinski definition) is 6. The molecule has 22 heavy (non-hydrogen) atoms. The fourth-order valence-corrected chi connectivity index (χ4v) is 1.95. The van der Waals surface area contributed by atoms with Crippen LogP contribution in [0.1, 0.15) is 5.82 Å². The number of hydrogen-bond donors (Lipinski definition) is 2. The Morgan fingerprint density at radius 1 is 1.09 bits per heavy atom. The number of aromatic nitrogens is 2. The van der Waals surface area contributed by atoms with Gasteiger partial charge in [0, 0.05) is 24.8 Å². The Morgan fingerprint density at radius 3 is 2.41 bits per heavy atom. The molecule has 2 aromatic rings. The van der Waals surface area contributed by atoms with Gasteiger partial charge in [-0.15, -0.1) is 0 Å². The van der Waals surface area contributed by atoms with Crippen molar-refractivity contribution in [3.05, 3.63) is 36.2 Å². The van der Waals surface area contributed by atoms with E-state index in [1.807, 2.05) is 51.4 Å². The lowest BCUT2D eigenvalue weighted by molar-refractivity contribution is 0.415. The Bertz CT molecular complexity index is 598. The summed E-state index contributed by atoms with van der Waals surface area (Å²) in [5.74, 6) is 3.15. The Balaban J connectivity index is 2.04. The van der Waals surface area contributed by atoms with Crippen molar-refractivity contribution in [3.8, 4) is 5.75 Å². The van der Waals surface area contributed by atoms with Gasteiger partial charge in [-0.1, -0.05) is 0 Å². The molecule has 0 saturated heterocycles. The number of nitrogens with one attached hydrogen (secondary N) is 2. The van der Waals surface area contributed by atoms with Crippen LogP contribution in [-0.4, -0.2) is 49.2 Å². The Kier molecular flexibility index (Phi) is 5.55. The molecule has 0 radical (unpaired) electrons. The Hall–Kier alpha value is -2.34. The summed E-state index contributed by atoms with van der Waals surface area (Å²) in [5.41, 5.74) is 0.957. The first-order chi connectivity index (χ1) is 10.6. The van der Waals surface area contributed by atoms with Crippen LogP contribution in [0.4, 0.5) is 17.3 Å². The summed E-state index contributed by atoms with van der Waals surface area (Å²) in [6.45, 7) is 3.67. The average molecular weight is 301 g/mol. The maximum absolute atomic E-state index is 5.15. The molecule has 1 heterocycles. The molecule has 118 valence electrons. The summed E-state index contributed by atoms with van der Waals surface area (Å²) >= 11 is 0. The summed E-state index contributed by atoms with van der Waals surface area (Å²) in [5, 5.41) is 6.59. The summed E-state index contributed by atoms with van der Waals surface area (Å²) in [6.07, 6.45) is 0. The molecule has 0 fully saturated rings. The van der Waals surface area contributed by atoms with Crippen LogP contribution in [0.5, 0.6) is 5.75 Å². The first-order valence-corrected chi connectivity index (χ1v) is 7.22. The Labute approximate surface area is 131 Å². The predicted molar refractivity (Wildman–Crippen MR) is 90.1 cm³/mol. The van der Waals surface area contributed by atoms with Crippen molar-refractivity contribution in [3.63, 3.8) is 0 Å². The van der Waals surface area contributed by atoms with Gasteiger partial charge in [0.05, 0.1) is 7.11 Å². The maximum atomic E-state index is 5.15. The molecule has 1 aromatic carbocycles. The van der Waals surface area contributed by atoms with Crippen molar-refractivity contribution in [2.45, 2.75) is 6.92 Å². The molecule has 0 aliphatic carbocycles. The highest BCUT2D eigenvalue weighted by Gasteiger charge is 2.03. The van der Waals surface area contributed by atoms with E-state index in [4.69, 9.17) is 4.74 Å². The normalized spacial score (nSPS) is 10.6. The third-order valence-corrected chi connectivity index (χ3v) is 3.07. The van der Waals surface area contributed by atoms with E-state index in [9.17, 15) is 0 Å². The fourth-order valence-electron chi connectivity index (χ4n) is 1.95. The summed E-state index contributed by atoms with van der Waals surface area (Å²) in [7, 11) is 5.75. The van der Waals surface area contributed by atoms with Crippen molar-refractivity contribution in [1.82, 2.24) is 14.9 Å². The molecule has 0 saturated carbocycles. The molecule has 2 rings (SSSR count).